The van der Waals surface area contributed by atoms with Gasteiger partial charge in [0, 0.05) is 13.1 Å². The second-order valence-corrected chi connectivity index (χ2v) is 10.1. The molecule has 7 heteroatoms. The third kappa shape index (κ3) is 4.20. The molecule has 0 aromatic heterocycles. The second kappa shape index (κ2) is 6.53. The molecule has 26 heavy (non-hydrogen) atoms. The smallest absolute Gasteiger partial charge is 0.410 e. The van der Waals surface area contributed by atoms with Crippen LogP contribution in [0.3, 0.4) is 0 Å². The van der Waals surface area contributed by atoms with Crippen LogP contribution in [0.1, 0.15) is 45.6 Å². The standard InChI is InChI=1S/C19H27NO5S/c1-14-5-7-16(8-6-14)26(22,23)25-15-11-19(12-15)9-10-20(13-19)17(21)24-18(2,3)4/h5-8,15H,9-13H2,1-4H3/t15-,19+. The third-order valence-corrected chi connectivity index (χ3v) is 6.36. The highest BCUT2D eigenvalue weighted by molar-refractivity contribution is 7.86. The van der Waals surface area contributed by atoms with Crippen LogP contribution in [0.25, 0.3) is 0 Å². The van der Waals surface area contributed by atoms with Crippen molar-refractivity contribution in [2.24, 2.45) is 5.41 Å². The summed E-state index contributed by atoms with van der Waals surface area (Å²) in [7, 11) is -3.74. The van der Waals surface area contributed by atoms with Gasteiger partial charge in [0.05, 0.1) is 11.0 Å². The number of ether oxygens (including phenoxy) is 1. The first-order valence-electron chi connectivity index (χ1n) is 8.96. The van der Waals surface area contributed by atoms with Gasteiger partial charge < -0.3 is 9.64 Å². The number of benzene rings is 1. The summed E-state index contributed by atoms with van der Waals surface area (Å²) in [6.07, 6.45) is 1.54. The lowest BCUT2D eigenvalue weighted by molar-refractivity contribution is -0.0106. The number of amides is 1. The molecule has 0 atom stereocenters. The van der Waals surface area contributed by atoms with Gasteiger partial charge in [0.25, 0.3) is 10.1 Å². The molecule has 0 unspecified atom stereocenters. The van der Waals surface area contributed by atoms with Crippen LogP contribution in [0.15, 0.2) is 29.2 Å². The third-order valence-electron chi connectivity index (χ3n) is 4.98. The van der Waals surface area contributed by atoms with Crippen LogP contribution in [-0.2, 0) is 19.0 Å². The average molecular weight is 381 g/mol. The summed E-state index contributed by atoms with van der Waals surface area (Å²) >= 11 is 0. The van der Waals surface area contributed by atoms with Crippen molar-refractivity contribution in [2.45, 2.75) is 63.6 Å². The molecule has 1 saturated carbocycles. The number of rotatable bonds is 3. The van der Waals surface area contributed by atoms with Crippen LogP contribution in [0.2, 0.25) is 0 Å². The van der Waals surface area contributed by atoms with Gasteiger partial charge in [-0.2, -0.15) is 8.42 Å². The van der Waals surface area contributed by atoms with E-state index in [0.29, 0.717) is 25.9 Å². The molecular weight excluding hydrogens is 354 g/mol. The normalized spacial score (nSPS) is 26.0. The van der Waals surface area contributed by atoms with E-state index in [0.717, 1.165) is 12.0 Å². The molecule has 1 aliphatic heterocycles. The Morgan fingerprint density at radius 2 is 1.81 bits per heavy atom. The van der Waals surface area contributed by atoms with Crippen LogP contribution in [-0.4, -0.2) is 44.2 Å². The Labute approximate surface area is 155 Å². The fourth-order valence-corrected chi connectivity index (χ4v) is 4.74. The second-order valence-electron chi connectivity index (χ2n) is 8.55. The molecule has 3 rings (SSSR count). The molecule has 1 spiro atoms. The zero-order valence-corrected chi connectivity index (χ0v) is 16.6. The predicted octanol–water partition coefficient (Wildman–Crippen LogP) is 3.49. The number of hydrogen-bond acceptors (Lipinski definition) is 5. The summed E-state index contributed by atoms with van der Waals surface area (Å²) in [5.41, 5.74) is 0.449. The summed E-state index contributed by atoms with van der Waals surface area (Å²) in [5, 5.41) is 0. The Morgan fingerprint density at radius 1 is 1.19 bits per heavy atom. The molecular formula is C19H27NO5S. The van der Waals surface area contributed by atoms with Crippen LogP contribution in [0, 0.1) is 12.3 Å². The lowest BCUT2D eigenvalue weighted by Crippen LogP contribution is -2.46. The Kier molecular flexibility index (Phi) is 4.82. The van der Waals surface area contributed by atoms with Crippen LogP contribution in [0.4, 0.5) is 4.79 Å². The van der Waals surface area contributed by atoms with Crippen LogP contribution >= 0.6 is 0 Å². The van der Waals surface area contributed by atoms with E-state index in [1.165, 1.54) is 0 Å². The first-order chi connectivity index (χ1) is 12.0. The van der Waals surface area contributed by atoms with Gasteiger partial charge in [-0.25, -0.2) is 4.79 Å². The van der Waals surface area contributed by atoms with Gasteiger partial charge in [-0.3, -0.25) is 4.18 Å². The summed E-state index contributed by atoms with van der Waals surface area (Å²) in [5.74, 6) is 0. The molecule has 1 heterocycles. The number of likely N-dealkylation sites (tertiary alicyclic amines) is 1. The topological polar surface area (TPSA) is 72.9 Å². The van der Waals surface area contributed by atoms with Crippen LogP contribution in [0.5, 0.6) is 0 Å². The zero-order chi connectivity index (χ0) is 19.2. The van der Waals surface area contributed by atoms with Crippen molar-refractivity contribution in [2.75, 3.05) is 13.1 Å². The number of carbonyl (C=O) groups excluding carboxylic acids is 1. The molecule has 2 fully saturated rings. The molecule has 6 nitrogen and oxygen atoms in total. The molecule has 0 radical (unpaired) electrons. The van der Waals surface area contributed by atoms with Crippen molar-refractivity contribution in [3.8, 4) is 0 Å². The highest BCUT2D eigenvalue weighted by Crippen LogP contribution is 2.50. The number of hydrogen-bond donors (Lipinski definition) is 0. The van der Waals surface area contributed by atoms with Crippen molar-refractivity contribution in [3.05, 3.63) is 29.8 Å². The average Bonchev–Trinajstić information content (AvgIpc) is 2.91. The lowest BCUT2D eigenvalue weighted by atomic mass is 9.66. The molecule has 0 bridgehead atoms. The fourth-order valence-electron chi connectivity index (χ4n) is 3.66. The Bertz CT molecular complexity index is 773. The Hall–Kier alpha value is -1.60. The highest BCUT2D eigenvalue weighted by atomic mass is 32.2. The maximum absolute atomic E-state index is 12.4. The SMILES string of the molecule is Cc1ccc(S(=O)(=O)O[C@H]2C[C@]3(CCN(C(=O)OC(C)(C)C)C3)C2)cc1. The van der Waals surface area contributed by atoms with Gasteiger partial charge in [-0.05, 0) is 64.5 Å². The summed E-state index contributed by atoms with van der Waals surface area (Å²) in [4.78, 5) is 14.1. The van der Waals surface area contributed by atoms with E-state index in [2.05, 4.69) is 0 Å². The molecule has 144 valence electrons. The largest absolute Gasteiger partial charge is 0.444 e. The molecule has 2 aliphatic rings. The zero-order valence-electron chi connectivity index (χ0n) is 15.8. The lowest BCUT2D eigenvalue weighted by Gasteiger charge is -2.44. The van der Waals surface area contributed by atoms with Gasteiger partial charge >= 0.3 is 6.09 Å². The number of carbonyl (C=O) groups is 1. The van der Waals surface area contributed by atoms with Crippen LogP contribution < -0.4 is 0 Å². The van der Waals surface area contributed by atoms with Gasteiger partial charge in [0.1, 0.15) is 5.60 Å². The molecule has 1 aliphatic carbocycles. The maximum atomic E-state index is 12.4. The van der Waals surface area contributed by atoms with Crippen molar-refractivity contribution < 1.29 is 22.1 Å². The van der Waals surface area contributed by atoms with E-state index in [1.54, 1.807) is 29.2 Å². The van der Waals surface area contributed by atoms with E-state index in [9.17, 15) is 13.2 Å². The number of nitrogens with zero attached hydrogens (tertiary/aromatic N) is 1. The van der Waals surface area contributed by atoms with Crippen molar-refractivity contribution in [1.29, 1.82) is 0 Å². The van der Waals surface area contributed by atoms with E-state index < -0.39 is 15.7 Å². The molecule has 1 saturated heterocycles. The quantitative estimate of drug-likeness (QED) is 0.750. The van der Waals surface area contributed by atoms with E-state index in [1.807, 2.05) is 27.7 Å². The van der Waals surface area contributed by atoms with Crippen molar-refractivity contribution >= 4 is 16.2 Å². The highest BCUT2D eigenvalue weighted by Gasteiger charge is 2.51. The Balaban J connectivity index is 1.54. The van der Waals surface area contributed by atoms with Gasteiger partial charge in [0.15, 0.2) is 0 Å². The summed E-state index contributed by atoms with van der Waals surface area (Å²) in [6.45, 7) is 8.70. The molecule has 1 aromatic carbocycles. The van der Waals surface area contributed by atoms with Crippen molar-refractivity contribution in [3.63, 3.8) is 0 Å². The van der Waals surface area contributed by atoms with E-state index in [4.69, 9.17) is 8.92 Å². The molecule has 0 N–H and O–H groups in total. The number of aryl methyl sites for hydroxylation is 1. The summed E-state index contributed by atoms with van der Waals surface area (Å²) < 4.78 is 35.6. The summed E-state index contributed by atoms with van der Waals surface area (Å²) in [6, 6.07) is 6.65. The first kappa shape index (κ1) is 19.2. The minimum absolute atomic E-state index is 0.0373. The minimum atomic E-state index is -3.74. The van der Waals surface area contributed by atoms with E-state index >= 15 is 0 Å². The predicted molar refractivity (Wildman–Crippen MR) is 97.3 cm³/mol. The fraction of sp³-hybridized carbons (Fsp3) is 0.632. The first-order valence-corrected chi connectivity index (χ1v) is 10.4. The molecule has 1 aromatic rings. The van der Waals surface area contributed by atoms with Gasteiger partial charge in [0.2, 0.25) is 0 Å². The van der Waals surface area contributed by atoms with Crippen molar-refractivity contribution in [1.82, 2.24) is 4.90 Å². The van der Waals surface area contributed by atoms with Gasteiger partial charge in [-0.1, -0.05) is 17.7 Å². The maximum Gasteiger partial charge on any atom is 0.410 e. The Morgan fingerprint density at radius 3 is 2.38 bits per heavy atom. The van der Waals surface area contributed by atoms with Gasteiger partial charge in [-0.15, -0.1) is 0 Å². The van der Waals surface area contributed by atoms with E-state index in [-0.39, 0.29) is 22.5 Å². The monoisotopic (exact) mass is 381 g/mol. The molecule has 1 amide bonds. The minimum Gasteiger partial charge on any atom is -0.444 e.